The van der Waals surface area contributed by atoms with Crippen LogP contribution in [-0.4, -0.2) is 0 Å². The molecule has 0 atom stereocenters. The van der Waals surface area contributed by atoms with Gasteiger partial charge in [-0.1, -0.05) is 115 Å². The molecule has 46 heavy (non-hydrogen) atoms. The van der Waals surface area contributed by atoms with Gasteiger partial charge < -0.3 is 8.83 Å². The minimum atomic E-state index is 0.896. The molecule has 0 fully saturated rings. The van der Waals surface area contributed by atoms with Gasteiger partial charge in [-0.05, 0) is 102 Å². The summed E-state index contributed by atoms with van der Waals surface area (Å²) >= 11 is 0. The fourth-order valence-electron chi connectivity index (χ4n) is 7.51. The van der Waals surface area contributed by atoms with E-state index in [0.717, 1.165) is 38.5 Å². The predicted octanol–water partition coefficient (Wildman–Crippen LogP) is 12.8. The van der Waals surface area contributed by atoms with E-state index in [2.05, 4.69) is 146 Å². The lowest BCUT2D eigenvalue weighted by atomic mass is 9.85. The highest BCUT2D eigenvalue weighted by Gasteiger charge is 2.19. The molecule has 0 unspecified atom stereocenters. The summed E-state index contributed by atoms with van der Waals surface area (Å²) in [7, 11) is 0. The highest BCUT2D eigenvalue weighted by Crippen LogP contribution is 2.46. The Kier molecular flexibility index (Phi) is 5.31. The molecule has 0 aliphatic carbocycles. The van der Waals surface area contributed by atoms with Crippen molar-refractivity contribution in [2.24, 2.45) is 0 Å². The van der Waals surface area contributed by atoms with Crippen molar-refractivity contribution in [2.75, 3.05) is 0 Å². The smallest absolute Gasteiger partial charge is 0.136 e. The summed E-state index contributed by atoms with van der Waals surface area (Å²) in [5, 5.41) is 10.7. The summed E-state index contributed by atoms with van der Waals surface area (Å²) in [6, 6.07) is 54.2. The van der Waals surface area contributed by atoms with Crippen molar-refractivity contribution in [2.45, 2.75) is 0 Å². The van der Waals surface area contributed by atoms with Crippen molar-refractivity contribution in [3.63, 3.8) is 0 Å². The second-order valence-electron chi connectivity index (χ2n) is 12.0. The monoisotopic (exact) mass is 586 g/mol. The Morgan fingerprint density at radius 2 is 1.04 bits per heavy atom. The summed E-state index contributed by atoms with van der Waals surface area (Å²) in [4.78, 5) is 0. The molecule has 2 nitrogen and oxygen atoms in total. The first kappa shape index (κ1) is 25.2. The second kappa shape index (κ2) is 9.69. The third-order valence-electron chi connectivity index (χ3n) is 9.54. The molecule has 0 N–H and O–H groups in total. The van der Waals surface area contributed by atoms with Crippen LogP contribution in [0.1, 0.15) is 0 Å². The number of rotatable bonds is 3. The fourth-order valence-corrected chi connectivity index (χ4v) is 7.51. The largest absolute Gasteiger partial charge is 0.464 e. The quantitative estimate of drug-likeness (QED) is 0.193. The van der Waals surface area contributed by atoms with Gasteiger partial charge in [-0.15, -0.1) is 0 Å². The van der Waals surface area contributed by atoms with Crippen LogP contribution >= 0.6 is 0 Å². The molecule has 2 aromatic heterocycles. The molecular weight excluding hydrogens is 560 g/mol. The Bertz CT molecular complexity index is 2740. The molecule has 2 heterocycles. The van der Waals surface area contributed by atoms with Gasteiger partial charge in [0.1, 0.15) is 16.7 Å². The zero-order valence-electron chi connectivity index (χ0n) is 24.8. The van der Waals surface area contributed by atoms with Crippen LogP contribution in [0.2, 0.25) is 0 Å². The number of hydrogen-bond donors (Lipinski definition) is 0. The Balaban J connectivity index is 1.21. The van der Waals surface area contributed by atoms with E-state index in [1.54, 1.807) is 6.26 Å². The molecule has 2 heteroatoms. The van der Waals surface area contributed by atoms with Crippen LogP contribution in [0, 0.1) is 0 Å². The van der Waals surface area contributed by atoms with Crippen LogP contribution in [0.15, 0.2) is 167 Å². The average Bonchev–Trinajstić information content (AvgIpc) is 3.75. The van der Waals surface area contributed by atoms with Crippen molar-refractivity contribution in [1.29, 1.82) is 0 Å². The molecule has 0 aliphatic heterocycles. The number of hydrogen-bond acceptors (Lipinski definition) is 2. The van der Waals surface area contributed by atoms with E-state index in [-0.39, 0.29) is 0 Å². The summed E-state index contributed by atoms with van der Waals surface area (Å²) in [6.45, 7) is 0. The number of furan rings is 2. The molecule has 214 valence electrons. The van der Waals surface area contributed by atoms with Crippen LogP contribution < -0.4 is 0 Å². The zero-order chi connectivity index (χ0) is 30.2. The van der Waals surface area contributed by atoms with E-state index in [1.165, 1.54) is 60.1 Å². The molecular formula is C44H26O2. The lowest BCUT2D eigenvalue weighted by Crippen LogP contribution is -1.91. The van der Waals surface area contributed by atoms with E-state index in [1.807, 2.05) is 6.07 Å². The van der Waals surface area contributed by atoms with Gasteiger partial charge in [0.2, 0.25) is 0 Å². The van der Waals surface area contributed by atoms with Gasteiger partial charge in [0.15, 0.2) is 0 Å². The molecule has 0 aliphatic rings. The Hall–Kier alpha value is -6.12. The number of fused-ring (bicyclic) bond motifs is 8. The molecule has 0 spiro atoms. The van der Waals surface area contributed by atoms with E-state index in [9.17, 15) is 0 Å². The van der Waals surface area contributed by atoms with E-state index >= 15 is 0 Å². The molecule has 10 rings (SSSR count). The Labute approximate surface area is 264 Å². The highest BCUT2D eigenvalue weighted by molar-refractivity contribution is 6.24. The lowest BCUT2D eigenvalue weighted by molar-refractivity contribution is 0.616. The van der Waals surface area contributed by atoms with Crippen LogP contribution in [0.4, 0.5) is 0 Å². The molecule has 8 aromatic carbocycles. The maximum absolute atomic E-state index is 6.58. The van der Waals surface area contributed by atoms with E-state index in [4.69, 9.17) is 8.83 Å². The van der Waals surface area contributed by atoms with Crippen molar-refractivity contribution >= 4 is 65.2 Å². The van der Waals surface area contributed by atoms with E-state index in [0.29, 0.717) is 0 Å². The summed E-state index contributed by atoms with van der Waals surface area (Å²) in [5.74, 6) is 0. The van der Waals surface area contributed by atoms with Crippen molar-refractivity contribution < 1.29 is 8.83 Å². The normalized spacial score (nSPS) is 11.9. The molecule has 0 saturated heterocycles. The topological polar surface area (TPSA) is 26.3 Å². The summed E-state index contributed by atoms with van der Waals surface area (Å²) in [6.07, 6.45) is 1.78. The van der Waals surface area contributed by atoms with Crippen LogP contribution in [0.3, 0.4) is 0 Å². The molecule has 0 saturated carbocycles. The lowest BCUT2D eigenvalue weighted by Gasteiger charge is -2.18. The third kappa shape index (κ3) is 3.65. The highest BCUT2D eigenvalue weighted by atomic mass is 16.3. The van der Waals surface area contributed by atoms with Gasteiger partial charge in [-0.3, -0.25) is 0 Å². The van der Waals surface area contributed by atoms with Crippen molar-refractivity contribution in [3.8, 4) is 33.4 Å². The van der Waals surface area contributed by atoms with Crippen molar-refractivity contribution in [3.05, 3.63) is 158 Å². The Morgan fingerprint density at radius 1 is 0.348 bits per heavy atom. The molecule has 0 radical (unpaired) electrons. The average molecular weight is 587 g/mol. The maximum Gasteiger partial charge on any atom is 0.136 e. The maximum atomic E-state index is 6.58. The molecule has 10 aromatic rings. The predicted molar refractivity (Wildman–Crippen MR) is 192 cm³/mol. The van der Waals surface area contributed by atoms with E-state index < -0.39 is 0 Å². The zero-order valence-corrected chi connectivity index (χ0v) is 24.8. The standard InChI is InChI=1S/C44H26O2/c1-2-9-27(10-3-1)28-17-20-31-29(25-28)19-22-40-44(31)38-21-18-30(26-41(38)46-40)42-34-11-4-6-13-36(34)43(37-14-7-5-12-35(37)42)33-15-8-16-39-32(33)23-24-45-39/h1-26H. The van der Waals surface area contributed by atoms with Gasteiger partial charge in [0.25, 0.3) is 0 Å². The van der Waals surface area contributed by atoms with Crippen molar-refractivity contribution in [1.82, 2.24) is 0 Å². The van der Waals surface area contributed by atoms with Crippen LogP contribution in [0.5, 0.6) is 0 Å². The SMILES string of the molecule is c1ccc(-c2ccc3c(ccc4oc5cc(-c6c7ccccc7c(-c7cccc8occc78)c7ccccc67)ccc5c43)c2)cc1. The van der Waals surface area contributed by atoms with Crippen LogP contribution in [-0.2, 0) is 0 Å². The van der Waals surface area contributed by atoms with Gasteiger partial charge in [-0.25, -0.2) is 0 Å². The first-order valence-electron chi connectivity index (χ1n) is 15.7. The fraction of sp³-hybridized carbons (Fsp3) is 0. The van der Waals surface area contributed by atoms with Crippen LogP contribution in [0.25, 0.3) is 98.6 Å². The summed E-state index contributed by atoms with van der Waals surface area (Å²) in [5.41, 5.74) is 9.91. The third-order valence-corrected chi connectivity index (χ3v) is 9.54. The second-order valence-corrected chi connectivity index (χ2v) is 12.0. The van der Waals surface area contributed by atoms with Gasteiger partial charge in [0, 0.05) is 16.2 Å². The first-order valence-corrected chi connectivity index (χ1v) is 15.7. The van der Waals surface area contributed by atoms with Gasteiger partial charge in [0.05, 0.1) is 6.26 Å². The first-order chi connectivity index (χ1) is 22.8. The summed E-state index contributed by atoms with van der Waals surface area (Å²) < 4.78 is 12.4. The number of benzene rings is 8. The Morgan fingerprint density at radius 3 is 1.83 bits per heavy atom. The minimum absolute atomic E-state index is 0.896. The molecule has 0 amide bonds. The van der Waals surface area contributed by atoms with Gasteiger partial charge >= 0.3 is 0 Å². The van der Waals surface area contributed by atoms with Gasteiger partial charge in [-0.2, -0.15) is 0 Å². The molecule has 0 bridgehead atoms. The minimum Gasteiger partial charge on any atom is -0.464 e.